The third-order valence-corrected chi connectivity index (χ3v) is 5.84. The molecule has 3 rings (SSSR count). The first kappa shape index (κ1) is 20.2. The number of pyridine rings is 1. The topological polar surface area (TPSA) is 42.0 Å². The van der Waals surface area contributed by atoms with Gasteiger partial charge in [0.25, 0.3) is 5.91 Å². The van der Waals surface area contributed by atoms with Gasteiger partial charge in [-0.3, -0.25) is 4.79 Å². The van der Waals surface area contributed by atoms with Gasteiger partial charge in [-0.05, 0) is 50.3 Å². The minimum atomic E-state index is -0.0779. The molecule has 1 amide bonds. The van der Waals surface area contributed by atoms with E-state index in [-0.39, 0.29) is 5.91 Å². The maximum Gasteiger partial charge on any atom is 0.255 e. The average molecular weight is 391 g/mol. The van der Waals surface area contributed by atoms with Crippen molar-refractivity contribution >= 4 is 28.3 Å². The third-order valence-electron chi connectivity index (χ3n) is 4.76. The van der Waals surface area contributed by atoms with E-state index < -0.39 is 0 Å². The molecule has 0 saturated carbocycles. The fraction of sp³-hybridized carbons (Fsp3) is 0.250. The van der Waals surface area contributed by atoms with Gasteiger partial charge in [0.1, 0.15) is 5.03 Å². The van der Waals surface area contributed by atoms with Gasteiger partial charge >= 0.3 is 0 Å². The zero-order chi connectivity index (χ0) is 20.1. The molecule has 2 aromatic rings. The van der Waals surface area contributed by atoms with Crippen LogP contribution in [-0.4, -0.2) is 10.9 Å². The number of aromatic nitrogens is 1. The normalized spacial score (nSPS) is 13.5. The predicted octanol–water partition coefficient (Wildman–Crippen LogP) is 6.32. The fourth-order valence-electron chi connectivity index (χ4n) is 3.13. The van der Waals surface area contributed by atoms with E-state index in [1.54, 1.807) is 0 Å². The Morgan fingerprint density at radius 3 is 2.79 bits per heavy atom. The monoisotopic (exact) mass is 390 g/mol. The highest BCUT2D eigenvalue weighted by Gasteiger charge is 2.15. The van der Waals surface area contributed by atoms with Crippen molar-refractivity contribution in [2.75, 3.05) is 5.32 Å². The van der Waals surface area contributed by atoms with Gasteiger partial charge < -0.3 is 5.32 Å². The summed E-state index contributed by atoms with van der Waals surface area (Å²) in [7, 11) is 0. The minimum Gasteiger partial charge on any atom is -0.321 e. The Labute approximate surface area is 171 Å². The number of hydrogen-bond acceptors (Lipinski definition) is 3. The molecule has 0 fully saturated rings. The second-order valence-corrected chi connectivity index (χ2v) is 8.12. The Bertz CT molecular complexity index is 972. The highest BCUT2D eigenvalue weighted by atomic mass is 32.2. The Morgan fingerprint density at radius 1 is 1.29 bits per heavy atom. The molecule has 0 saturated heterocycles. The lowest BCUT2D eigenvalue weighted by atomic mass is 10.00. The van der Waals surface area contributed by atoms with Crippen LogP contribution < -0.4 is 5.32 Å². The van der Waals surface area contributed by atoms with Crippen LogP contribution in [0.1, 0.15) is 43.4 Å². The first-order chi connectivity index (χ1) is 13.5. The number of para-hydroxylation sites is 1. The van der Waals surface area contributed by atoms with Crippen molar-refractivity contribution < 1.29 is 4.79 Å². The largest absolute Gasteiger partial charge is 0.321 e. The molecule has 1 N–H and O–H groups in total. The third kappa shape index (κ3) is 4.82. The van der Waals surface area contributed by atoms with Gasteiger partial charge in [0.05, 0.1) is 0 Å². The van der Waals surface area contributed by atoms with Crippen molar-refractivity contribution in [3.8, 4) is 0 Å². The van der Waals surface area contributed by atoms with Crippen LogP contribution in [0, 0.1) is 6.92 Å². The number of benzene rings is 1. The molecular formula is C24H26N2OS. The second kappa shape index (κ2) is 9.07. The second-order valence-electron chi connectivity index (χ2n) is 7.03. The smallest absolute Gasteiger partial charge is 0.255 e. The van der Waals surface area contributed by atoms with E-state index in [4.69, 9.17) is 0 Å². The molecule has 0 unspecified atom stereocenters. The van der Waals surface area contributed by atoms with Gasteiger partial charge in [-0.1, -0.05) is 67.3 Å². The predicted molar refractivity (Wildman–Crippen MR) is 119 cm³/mol. The number of anilines is 1. The molecule has 1 aliphatic carbocycles. The van der Waals surface area contributed by atoms with Crippen molar-refractivity contribution in [2.45, 2.75) is 45.1 Å². The van der Waals surface area contributed by atoms with Crippen LogP contribution in [0.5, 0.6) is 0 Å². The standard InChI is InChI=1S/C24H26N2OS/c1-5-19-14-17(3)24(25-15-19)28-18(4)21-11-6-7-12-22(21)26-23(27)20-10-8-9-16(2)13-20/h6-7,10-15H,4-5,8-9H2,1-3H3,(H,26,27). The molecule has 0 aliphatic heterocycles. The van der Waals surface area contributed by atoms with Gasteiger partial charge in [-0.15, -0.1) is 0 Å². The fourth-order valence-corrected chi connectivity index (χ4v) is 3.98. The van der Waals surface area contributed by atoms with Crippen molar-refractivity contribution in [3.05, 3.63) is 83.1 Å². The average Bonchev–Trinajstić information content (AvgIpc) is 2.69. The number of hydrogen-bond donors (Lipinski definition) is 1. The lowest BCUT2D eigenvalue weighted by molar-refractivity contribution is -0.112. The van der Waals surface area contributed by atoms with E-state index in [1.165, 1.54) is 22.9 Å². The van der Waals surface area contributed by atoms with Gasteiger partial charge in [-0.25, -0.2) is 4.98 Å². The van der Waals surface area contributed by atoms with Crippen molar-refractivity contribution in [3.63, 3.8) is 0 Å². The Balaban J connectivity index is 1.79. The van der Waals surface area contributed by atoms with Crippen LogP contribution in [0.2, 0.25) is 0 Å². The number of amides is 1. The Morgan fingerprint density at radius 2 is 2.07 bits per heavy atom. The number of nitrogens with zero attached hydrogens (tertiary/aromatic N) is 1. The van der Waals surface area contributed by atoms with Crippen molar-refractivity contribution in [1.29, 1.82) is 0 Å². The quantitative estimate of drug-likeness (QED) is 0.587. The van der Waals surface area contributed by atoms with Crippen molar-refractivity contribution in [1.82, 2.24) is 4.98 Å². The maximum absolute atomic E-state index is 12.7. The molecule has 28 heavy (non-hydrogen) atoms. The van der Waals surface area contributed by atoms with E-state index >= 15 is 0 Å². The van der Waals surface area contributed by atoms with E-state index in [2.05, 4.69) is 43.7 Å². The number of carbonyl (C=O) groups is 1. The molecule has 1 aliphatic rings. The van der Waals surface area contributed by atoms with Crippen molar-refractivity contribution in [2.24, 2.45) is 0 Å². The highest BCUT2D eigenvalue weighted by molar-refractivity contribution is 8.08. The Hall–Kier alpha value is -2.59. The summed E-state index contributed by atoms with van der Waals surface area (Å²) in [6.45, 7) is 10.5. The number of nitrogens with one attached hydrogen (secondary N) is 1. The van der Waals surface area contributed by atoms with Crippen LogP contribution in [0.4, 0.5) is 5.69 Å². The van der Waals surface area contributed by atoms with Crippen LogP contribution in [0.3, 0.4) is 0 Å². The molecular weight excluding hydrogens is 364 g/mol. The number of allylic oxidation sites excluding steroid dienone is 2. The Kier molecular flexibility index (Phi) is 6.53. The number of carbonyl (C=O) groups excluding carboxylic acids is 1. The van der Waals surface area contributed by atoms with E-state index in [9.17, 15) is 4.79 Å². The number of aryl methyl sites for hydroxylation is 2. The van der Waals surface area contributed by atoms with Gasteiger partial charge in [0.2, 0.25) is 0 Å². The lowest BCUT2D eigenvalue weighted by Gasteiger charge is -2.15. The minimum absolute atomic E-state index is 0.0779. The lowest BCUT2D eigenvalue weighted by Crippen LogP contribution is -2.15. The molecule has 144 valence electrons. The maximum atomic E-state index is 12.7. The van der Waals surface area contributed by atoms with E-state index in [0.29, 0.717) is 0 Å². The van der Waals surface area contributed by atoms with Crippen LogP contribution in [0.15, 0.2) is 71.4 Å². The molecule has 3 nitrogen and oxygen atoms in total. The molecule has 1 heterocycles. The van der Waals surface area contributed by atoms with Crippen LogP contribution >= 0.6 is 11.8 Å². The molecule has 4 heteroatoms. The molecule has 0 radical (unpaired) electrons. The summed E-state index contributed by atoms with van der Waals surface area (Å²) >= 11 is 1.54. The summed E-state index contributed by atoms with van der Waals surface area (Å²) in [5.74, 6) is -0.0779. The zero-order valence-electron chi connectivity index (χ0n) is 16.7. The van der Waals surface area contributed by atoms with Gasteiger partial charge in [0, 0.05) is 27.9 Å². The summed E-state index contributed by atoms with van der Waals surface area (Å²) in [5, 5.41) is 4.00. The van der Waals surface area contributed by atoms with Crippen LogP contribution in [-0.2, 0) is 11.2 Å². The summed E-state index contributed by atoms with van der Waals surface area (Å²) in [6, 6.07) is 9.95. The van der Waals surface area contributed by atoms with Gasteiger partial charge in [-0.2, -0.15) is 0 Å². The SMILES string of the molecule is C=C(Sc1ncc(CC)cc1C)c1ccccc1NC(=O)C1=CCCC(C)=C1. The molecule has 1 aromatic heterocycles. The summed E-state index contributed by atoms with van der Waals surface area (Å²) in [5.41, 5.74) is 6.01. The molecule has 1 aromatic carbocycles. The first-order valence-electron chi connectivity index (χ1n) is 9.58. The first-order valence-corrected chi connectivity index (χ1v) is 10.4. The summed E-state index contributed by atoms with van der Waals surface area (Å²) in [6.07, 6.45) is 8.78. The van der Waals surface area contributed by atoms with E-state index in [1.807, 2.05) is 42.6 Å². The molecule has 0 bridgehead atoms. The highest BCUT2D eigenvalue weighted by Crippen LogP contribution is 2.37. The number of thioether (sulfide) groups is 1. The summed E-state index contributed by atoms with van der Waals surface area (Å²) in [4.78, 5) is 18.1. The number of rotatable bonds is 6. The molecule has 0 spiro atoms. The zero-order valence-corrected chi connectivity index (χ0v) is 17.5. The molecule has 0 atom stereocenters. The van der Waals surface area contributed by atoms with Crippen LogP contribution in [0.25, 0.3) is 4.91 Å². The van der Waals surface area contributed by atoms with Gasteiger partial charge in [0.15, 0.2) is 0 Å². The summed E-state index contributed by atoms with van der Waals surface area (Å²) < 4.78 is 0. The van der Waals surface area contributed by atoms with E-state index in [0.717, 1.165) is 51.6 Å².